The van der Waals surface area contributed by atoms with Gasteiger partial charge in [0.15, 0.2) is 0 Å². The van der Waals surface area contributed by atoms with Gasteiger partial charge in [-0.1, -0.05) is 0 Å². The second-order valence-corrected chi connectivity index (χ2v) is 13.0. The molecule has 0 atom stereocenters. The molecule has 0 aliphatic rings. The summed E-state index contributed by atoms with van der Waals surface area (Å²) in [5.74, 6) is 0. The second-order valence-electron chi connectivity index (χ2n) is 1.69. The maximum atomic E-state index is 2.46. The van der Waals surface area contributed by atoms with Crippen molar-refractivity contribution in [3.05, 3.63) is 0 Å². The van der Waals surface area contributed by atoms with E-state index in [0.29, 0.717) is 0 Å². The highest BCUT2D eigenvalue weighted by Crippen LogP contribution is 2.43. The maximum Gasteiger partial charge on any atom is -0.0261 e. The molecule has 0 fully saturated rings. The lowest BCUT2D eigenvalue weighted by Crippen LogP contribution is -1.72. The molecule has 0 bridgehead atoms. The molecule has 0 aromatic heterocycles. The van der Waals surface area contributed by atoms with Gasteiger partial charge in [0.25, 0.3) is 0 Å². The molecule has 0 heterocycles. The minimum atomic E-state index is -0.197. The van der Waals surface area contributed by atoms with Gasteiger partial charge in [-0.15, -0.1) is 0 Å². The van der Waals surface area contributed by atoms with Crippen molar-refractivity contribution in [1.29, 1.82) is 0 Å². The van der Waals surface area contributed by atoms with Crippen LogP contribution in [0.15, 0.2) is 0 Å². The molecule has 0 amide bonds. The minimum Gasteiger partial charge on any atom is -0.196 e. The van der Waals surface area contributed by atoms with Crippen molar-refractivity contribution in [3.8, 4) is 0 Å². The predicted molar refractivity (Wildman–Crippen MR) is 39.4 cm³/mol. The average molecular weight is 204 g/mol. The van der Waals surface area contributed by atoms with Crippen LogP contribution in [0.2, 0.25) is 0 Å². The number of rotatable bonds is 0. The molecule has 0 radical (unpaired) electrons. The lowest BCUT2D eigenvalue weighted by molar-refractivity contribution is 2.19. The van der Waals surface area contributed by atoms with E-state index < -0.39 is 0 Å². The van der Waals surface area contributed by atoms with Crippen LogP contribution in [-0.4, -0.2) is 18.8 Å². The van der Waals surface area contributed by atoms with Crippen molar-refractivity contribution < 1.29 is 0 Å². The van der Waals surface area contributed by atoms with E-state index in [4.69, 9.17) is 0 Å². The molecule has 0 saturated heterocycles. The predicted octanol–water partition coefficient (Wildman–Crippen LogP) is 2.03. The highest BCUT2D eigenvalue weighted by atomic mass is 127. The Kier molecular flexibility index (Phi) is 2.05. The van der Waals surface area contributed by atoms with Crippen molar-refractivity contribution in [3.63, 3.8) is 0 Å². The molecule has 0 N–H and O–H groups in total. The summed E-state index contributed by atoms with van der Waals surface area (Å²) in [5, 5.41) is 0. The first-order chi connectivity index (χ1) is 2.00. The fraction of sp³-hybridized carbons (Fsp3) is 1.00. The Morgan fingerprint density at radius 3 is 1.20 bits per heavy atom. The molecule has 0 spiro atoms. The molecule has 5 heavy (non-hydrogen) atoms. The van der Waals surface area contributed by atoms with Crippen LogP contribution < -0.4 is 0 Å². The summed E-state index contributed by atoms with van der Waals surface area (Å²) in [5.41, 5.74) is 0. The van der Waals surface area contributed by atoms with Gasteiger partial charge >= 0.3 is 0 Å². The van der Waals surface area contributed by atoms with Crippen molar-refractivity contribution >= 4 is 28.4 Å². The maximum absolute atomic E-state index is 2.46. The summed E-state index contributed by atoms with van der Waals surface area (Å²) < 4.78 is 0. The minimum absolute atomic E-state index is 0.197. The Balaban J connectivity index is 3.02. The van der Waals surface area contributed by atoms with Gasteiger partial charge in [-0.05, 0) is 40.0 Å². The number of hydrogen-bond acceptors (Lipinski definition) is 0. The lowest BCUT2D eigenvalue weighted by Gasteiger charge is -2.11. The van der Waals surface area contributed by atoms with Crippen LogP contribution in [0.4, 0.5) is 0 Å². The summed E-state index contributed by atoms with van der Waals surface area (Å²) >= 11 is 2.46. The molecule has 0 nitrogen and oxygen atoms in total. The molecule has 0 unspecified atom stereocenters. The normalized spacial score (nSPS) is 15.2. The second kappa shape index (κ2) is 1.69. The Labute approximate surface area is 47.2 Å². The fourth-order valence-corrected chi connectivity index (χ4v) is 0. The van der Waals surface area contributed by atoms with Gasteiger partial charge in [0.1, 0.15) is 0 Å². The summed E-state index contributed by atoms with van der Waals surface area (Å²) in [6, 6.07) is 0. The van der Waals surface area contributed by atoms with Gasteiger partial charge in [-0.3, -0.25) is 0 Å². The Morgan fingerprint density at radius 2 is 1.20 bits per heavy atom. The summed E-state index contributed by atoms with van der Waals surface area (Å²) in [6.45, 7) is 0. The molecule has 34 valence electrons. The van der Waals surface area contributed by atoms with Gasteiger partial charge in [0, 0.05) is 0 Å². The van der Waals surface area contributed by atoms with E-state index in [-0.39, 0.29) is 7.20 Å². The van der Waals surface area contributed by atoms with E-state index in [9.17, 15) is 0 Å². The smallest absolute Gasteiger partial charge is 0.0261 e. The molecular formula is C3H9IS. The molecule has 0 aromatic carbocycles. The summed E-state index contributed by atoms with van der Waals surface area (Å²) in [4.78, 5) is 0. The molecule has 0 aromatic rings. The standard InChI is InChI=1S/C3H9IS/c1-5(2,3)4/h1-3H3. The van der Waals surface area contributed by atoms with Crippen molar-refractivity contribution in [2.45, 2.75) is 0 Å². The zero-order valence-electron chi connectivity index (χ0n) is 3.79. The quantitative estimate of drug-likeness (QED) is 0.529. The number of halogens is 1. The zero-order chi connectivity index (χ0) is 4.50. The van der Waals surface area contributed by atoms with E-state index in [2.05, 4.69) is 40.0 Å². The molecular weight excluding hydrogens is 195 g/mol. The van der Waals surface area contributed by atoms with Crippen molar-refractivity contribution in [2.24, 2.45) is 0 Å². The molecule has 0 rings (SSSR count). The van der Waals surface area contributed by atoms with E-state index >= 15 is 0 Å². The SMILES string of the molecule is CS(C)(C)I. The van der Waals surface area contributed by atoms with Crippen LogP contribution in [0.3, 0.4) is 0 Å². The van der Waals surface area contributed by atoms with Crippen molar-refractivity contribution in [1.82, 2.24) is 0 Å². The highest BCUT2D eigenvalue weighted by molar-refractivity contribution is 14.2. The van der Waals surface area contributed by atoms with Crippen molar-refractivity contribution in [2.75, 3.05) is 18.8 Å². The highest BCUT2D eigenvalue weighted by Gasteiger charge is 1.89. The van der Waals surface area contributed by atoms with E-state index in [1.807, 2.05) is 0 Å². The third-order valence-corrected chi connectivity index (χ3v) is 0. The van der Waals surface area contributed by atoms with Gasteiger partial charge in [-0.25, -0.2) is 0 Å². The van der Waals surface area contributed by atoms with Crippen LogP contribution in [0, 0.1) is 0 Å². The van der Waals surface area contributed by atoms with Crippen LogP contribution in [0.25, 0.3) is 0 Å². The molecule has 0 aliphatic heterocycles. The van der Waals surface area contributed by atoms with Crippen LogP contribution in [0.5, 0.6) is 0 Å². The molecule has 2 heteroatoms. The lowest BCUT2D eigenvalue weighted by atomic mass is 11.9. The Bertz CT molecular complexity index is 22.4. The number of hydrogen-bond donors (Lipinski definition) is 0. The van der Waals surface area contributed by atoms with Crippen LogP contribution in [0.1, 0.15) is 0 Å². The van der Waals surface area contributed by atoms with Gasteiger partial charge < -0.3 is 0 Å². The molecule has 0 saturated carbocycles. The largest absolute Gasteiger partial charge is 0.196 e. The third kappa shape index (κ3) is 41.3. The Morgan fingerprint density at radius 1 is 1.20 bits per heavy atom. The van der Waals surface area contributed by atoms with E-state index in [1.54, 1.807) is 0 Å². The third-order valence-electron chi connectivity index (χ3n) is 0. The van der Waals surface area contributed by atoms with Gasteiger partial charge in [0.05, 0.1) is 0 Å². The summed E-state index contributed by atoms with van der Waals surface area (Å²) in [6.07, 6.45) is 6.77. The van der Waals surface area contributed by atoms with E-state index in [0.717, 1.165) is 0 Å². The van der Waals surface area contributed by atoms with Gasteiger partial charge in [0.2, 0.25) is 0 Å². The van der Waals surface area contributed by atoms with Crippen LogP contribution in [-0.2, 0) is 0 Å². The molecule has 0 aliphatic carbocycles. The Hall–Kier alpha value is 1.08. The summed E-state index contributed by atoms with van der Waals surface area (Å²) in [7, 11) is -0.197. The van der Waals surface area contributed by atoms with Crippen LogP contribution >= 0.6 is 28.4 Å². The zero-order valence-corrected chi connectivity index (χ0v) is 6.76. The fourth-order valence-electron chi connectivity index (χ4n) is 0. The van der Waals surface area contributed by atoms with E-state index in [1.165, 1.54) is 0 Å². The average Bonchev–Trinajstić information content (AvgIpc) is 0.722. The first-order valence-corrected chi connectivity index (χ1v) is 6.78. The first-order valence-electron chi connectivity index (χ1n) is 1.38. The van der Waals surface area contributed by atoms with Gasteiger partial charge in [-0.2, -0.15) is 7.20 Å². The monoisotopic (exact) mass is 204 g/mol. The topological polar surface area (TPSA) is 0 Å². The first kappa shape index (κ1) is 6.08.